The maximum atomic E-state index is 12.0. The quantitative estimate of drug-likeness (QED) is 0.642. The Bertz CT molecular complexity index is 813. The van der Waals surface area contributed by atoms with E-state index < -0.39 is 0 Å². The molecule has 7 nitrogen and oxygen atoms in total. The van der Waals surface area contributed by atoms with E-state index in [1.165, 1.54) is 5.56 Å². The number of nitrogens with one attached hydrogen (secondary N) is 2. The summed E-state index contributed by atoms with van der Waals surface area (Å²) < 4.78 is 1.62. The maximum absolute atomic E-state index is 12.0. The fraction of sp³-hybridized carbons (Fsp3) is 0.222. The molecule has 1 aromatic heterocycles. The predicted octanol–water partition coefficient (Wildman–Crippen LogP) is 1.74. The molecule has 7 heteroatoms. The summed E-state index contributed by atoms with van der Waals surface area (Å²) in [7, 11) is 0. The highest BCUT2D eigenvalue weighted by molar-refractivity contribution is 5.78. The van der Waals surface area contributed by atoms with Crippen LogP contribution in [-0.4, -0.2) is 39.2 Å². The van der Waals surface area contributed by atoms with Crippen molar-refractivity contribution < 1.29 is 4.79 Å². The van der Waals surface area contributed by atoms with Crippen molar-refractivity contribution in [2.45, 2.75) is 13.3 Å². The molecule has 25 heavy (non-hydrogen) atoms. The molecule has 0 aliphatic heterocycles. The van der Waals surface area contributed by atoms with Crippen LogP contribution in [-0.2, 0) is 11.2 Å². The van der Waals surface area contributed by atoms with Gasteiger partial charge in [0.15, 0.2) is 0 Å². The lowest BCUT2D eigenvalue weighted by Gasteiger charge is -2.08. The van der Waals surface area contributed by atoms with Crippen molar-refractivity contribution in [3.8, 4) is 5.69 Å². The monoisotopic (exact) mass is 336 g/mol. The second-order valence-corrected chi connectivity index (χ2v) is 5.69. The van der Waals surface area contributed by atoms with Crippen LogP contribution in [0.2, 0.25) is 0 Å². The summed E-state index contributed by atoms with van der Waals surface area (Å²) in [6, 6.07) is 17.6. The summed E-state index contributed by atoms with van der Waals surface area (Å²) in [5.41, 5.74) is 3.06. The SMILES string of the molecule is Cc1ccc(CC(=O)NCCNc2nnnn2-c2ccccc2)cc1. The van der Waals surface area contributed by atoms with E-state index in [-0.39, 0.29) is 5.91 Å². The lowest BCUT2D eigenvalue weighted by atomic mass is 10.1. The summed E-state index contributed by atoms with van der Waals surface area (Å²) in [6.45, 7) is 3.05. The zero-order valence-corrected chi connectivity index (χ0v) is 14.0. The van der Waals surface area contributed by atoms with Crippen molar-refractivity contribution in [2.75, 3.05) is 18.4 Å². The zero-order chi connectivity index (χ0) is 17.5. The molecule has 3 rings (SSSR count). The van der Waals surface area contributed by atoms with Crippen molar-refractivity contribution in [1.29, 1.82) is 0 Å². The molecule has 0 aliphatic carbocycles. The van der Waals surface area contributed by atoms with Gasteiger partial charge in [-0.25, -0.2) is 0 Å². The second-order valence-electron chi connectivity index (χ2n) is 5.69. The Balaban J connectivity index is 1.45. The molecule has 0 saturated carbocycles. The fourth-order valence-electron chi connectivity index (χ4n) is 2.37. The molecule has 1 heterocycles. The molecule has 0 atom stereocenters. The van der Waals surface area contributed by atoms with Crippen LogP contribution < -0.4 is 10.6 Å². The zero-order valence-electron chi connectivity index (χ0n) is 14.0. The highest BCUT2D eigenvalue weighted by Crippen LogP contribution is 2.09. The summed E-state index contributed by atoms with van der Waals surface area (Å²) >= 11 is 0. The summed E-state index contributed by atoms with van der Waals surface area (Å²) in [4.78, 5) is 12.0. The normalized spacial score (nSPS) is 10.4. The number of aromatic nitrogens is 4. The van der Waals surface area contributed by atoms with Crippen LogP contribution in [0.1, 0.15) is 11.1 Å². The Kier molecular flexibility index (Phi) is 5.36. The van der Waals surface area contributed by atoms with E-state index in [1.54, 1.807) is 4.68 Å². The van der Waals surface area contributed by atoms with Gasteiger partial charge in [0, 0.05) is 13.1 Å². The van der Waals surface area contributed by atoms with Gasteiger partial charge in [-0.15, -0.1) is 0 Å². The fourth-order valence-corrected chi connectivity index (χ4v) is 2.37. The number of anilines is 1. The van der Waals surface area contributed by atoms with E-state index in [9.17, 15) is 4.79 Å². The molecule has 1 amide bonds. The number of nitrogens with zero attached hydrogens (tertiary/aromatic N) is 4. The van der Waals surface area contributed by atoms with Gasteiger partial charge in [-0.05, 0) is 35.0 Å². The van der Waals surface area contributed by atoms with Crippen LogP contribution in [0.25, 0.3) is 5.69 Å². The number of aryl methyl sites for hydroxylation is 1. The van der Waals surface area contributed by atoms with E-state index in [1.807, 2.05) is 61.5 Å². The number of hydrogen-bond acceptors (Lipinski definition) is 5. The largest absolute Gasteiger partial charge is 0.354 e. The lowest BCUT2D eigenvalue weighted by Crippen LogP contribution is -2.30. The average molecular weight is 336 g/mol. The third-order valence-electron chi connectivity index (χ3n) is 3.69. The van der Waals surface area contributed by atoms with Crippen molar-refractivity contribution in [3.05, 3.63) is 65.7 Å². The third-order valence-corrected chi connectivity index (χ3v) is 3.69. The number of carbonyl (C=O) groups excluding carboxylic acids is 1. The molecule has 0 fully saturated rings. The summed E-state index contributed by atoms with van der Waals surface area (Å²) in [5.74, 6) is 0.535. The molecule has 2 N–H and O–H groups in total. The number of benzene rings is 2. The molecule has 3 aromatic rings. The van der Waals surface area contributed by atoms with E-state index in [0.717, 1.165) is 11.3 Å². The molecule has 0 radical (unpaired) electrons. The molecular weight excluding hydrogens is 316 g/mol. The molecule has 0 saturated heterocycles. The molecule has 2 aromatic carbocycles. The number of carbonyl (C=O) groups is 1. The van der Waals surface area contributed by atoms with Gasteiger partial charge in [0.05, 0.1) is 12.1 Å². The number of hydrogen-bond donors (Lipinski definition) is 2. The first-order valence-corrected chi connectivity index (χ1v) is 8.12. The maximum Gasteiger partial charge on any atom is 0.247 e. The molecule has 0 aliphatic rings. The standard InChI is InChI=1S/C18H20N6O/c1-14-7-9-15(10-8-14)13-17(25)19-11-12-20-18-21-22-23-24(18)16-5-3-2-4-6-16/h2-10H,11-13H2,1H3,(H,19,25)(H,20,21,23). The van der Waals surface area contributed by atoms with E-state index in [4.69, 9.17) is 0 Å². The lowest BCUT2D eigenvalue weighted by molar-refractivity contribution is -0.120. The van der Waals surface area contributed by atoms with Gasteiger partial charge < -0.3 is 10.6 Å². The van der Waals surface area contributed by atoms with Gasteiger partial charge in [-0.3, -0.25) is 4.79 Å². The summed E-state index contributed by atoms with van der Waals surface area (Å²) in [6.07, 6.45) is 0.377. The predicted molar refractivity (Wildman–Crippen MR) is 95.5 cm³/mol. The van der Waals surface area contributed by atoms with E-state index in [2.05, 4.69) is 26.2 Å². The molecule has 0 spiro atoms. The minimum Gasteiger partial charge on any atom is -0.354 e. The van der Waals surface area contributed by atoms with Gasteiger partial charge in [0.25, 0.3) is 0 Å². The minimum absolute atomic E-state index is 0.00620. The van der Waals surface area contributed by atoms with Gasteiger partial charge in [0.1, 0.15) is 0 Å². The van der Waals surface area contributed by atoms with Crippen molar-refractivity contribution in [1.82, 2.24) is 25.5 Å². The molecule has 0 bridgehead atoms. The first-order valence-electron chi connectivity index (χ1n) is 8.12. The number of para-hydroxylation sites is 1. The second kappa shape index (κ2) is 8.05. The first-order chi connectivity index (χ1) is 12.2. The minimum atomic E-state index is -0.00620. The Hall–Kier alpha value is -3.22. The van der Waals surface area contributed by atoms with Gasteiger partial charge in [-0.2, -0.15) is 4.68 Å². The van der Waals surface area contributed by atoms with Crippen LogP contribution in [0.4, 0.5) is 5.95 Å². The highest BCUT2D eigenvalue weighted by Gasteiger charge is 2.07. The van der Waals surface area contributed by atoms with Gasteiger partial charge in [-0.1, -0.05) is 53.1 Å². The van der Waals surface area contributed by atoms with E-state index >= 15 is 0 Å². The Morgan fingerprint density at radius 1 is 1.04 bits per heavy atom. The van der Waals surface area contributed by atoms with Gasteiger partial charge >= 0.3 is 0 Å². The van der Waals surface area contributed by atoms with Crippen LogP contribution in [0.3, 0.4) is 0 Å². The van der Waals surface area contributed by atoms with Crippen molar-refractivity contribution >= 4 is 11.9 Å². The van der Waals surface area contributed by atoms with Crippen LogP contribution in [0, 0.1) is 6.92 Å². The van der Waals surface area contributed by atoms with E-state index in [0.29, 0.717) is 25.5 Å². The number of rotatable bonds is 7. The number of amides is 1. The molecule has 128 valence electrons. The van der Waals surface area contributed by atoms with Gasteiger partial charge in [0.2, 0.25) is 11.9 Å². The van der Waals surface area contributed by atoms with Crippen molar-refractivity contribution in [2.24, 2.45) is 0 Å². The Morgan fingerprint density at radius 2 is 1.80 bits per heavy atom. The smallest absolute Gasteiger partial charge is 0.247 e. The van der Waals surface area contributed by atoms with Crippen LogP contribution in [0.15, 0.2) is 54.6 Å². The average Bonchev–Trinajstić information content (AvgIpc) is 3.10. The summed E-state index contributed by atoms with van der Waals surface area (Å²) in [5, 5.41) is 17.6. The highest BCUT2D eigenvalue weighted by atomic mass is 16.1. The Morgan fingerprint density at radius 3 is 2.56 bits per heavy atom. The third kappa shape index (κ3) is 4.63. The molecule has 0 unspecified atom stereocenters. The molecular formula is C18H20N6O. The first kappa shape index (κ1) is 16.6. The number of tetrazole rings is 1. The van der Waals surface area contributed by atoms with Crippen molar-refractivity contribution in [3.63, 3.8) is 0 Å². The van der Waals surface area contributed by atoms with Crippen LogP contribution in [0.5, 0.6) is 0 Å². The van der Waals surface area contributed by atoms with Crippen LogP contribution >= 0.6 is 0 Å². The topological polar surface area (TPSA) is 84.7 Å². The Labute approximate surface area is 146 Å².